The minimum absolute atomic E-state index is 0.0469. The van der Waals surface area contributed by atoms with Gasteiger partial charge in [-0.2, -0.15) is 0 Å². The van der Waals surface area contributed by atoms with Crippen LogP contribution in [0.15, 0.2) is 24.3 Å². The Bertz CT molecular complexity index is 555. The average molecular weight is 303 g/mol. The third kappa shape index (κ3) is 3.32. The number of carbonyl (C=O) groups excluding carboxylic acids is 2. The number of nitrogens with one attached hydrogen (secondary N) is 2. The largest absolute Gasteiger partial charge is 0.482 e. The van der Waals surface area contributed by atoms with E-state index in [4.69, 9.17) is 4.74 Å². The molecule has 6 heteroatoms. The highest BCUT2D eigenvalue weighted by atomic mass is 16.5. The van der Waals surface area contributed by atoms with Crippen molar-refractivity contribution in [2.75, 3.05) is 24.6 Å². The molecule has 0 radical (unpaired) electrons. The Morgan fingerprint density at radius 2 is 2.05 bits per heavy atom. The molecule has 0 spiro atoms. The van der Waals surface area contributed by atoms with Crippen molar-refractivity contribution in [3.63, 3.8) is 0 Å². The van der Waals surface area contributed by atoms with Gasteiger partial charge in [0.1, 0.15) is 5.75 Å². The molecule has 0 atom stereocenters. The fourth-order valence-corrected chi connectivity index (χ4v) is 2.99. The van der Waals surface area contributed by atoms with Gasteiger partial charge in [0, 0.05) is 19.1 Å². The van der Waals surface area contributed by atoms with Gasteiger partial charge in [-0.15, -0.1) is 0 Å². The zero-order valence-electron chi connectivity index (χ0n) is 12.5. The molecule has 118 valence electrons. The van der Waals surface area contributed by atoms with Crippen LogP contribution in [0.2, 0.25) is 0 Å². The van der Waals surface area contributed by atoms with Crippen LogP contribution < -0.4 is 20.3 Å². The number of anilines is 1. The summed E-state index contributed by atoms with van der Waals surface area (Å²) in [6.45, 7) is 0.904. The van der Waals surface area contributed by atoms with Crippen molar-refractivity contribution >= 4 is 17.6 Å². The summed E-state index contributed by atoms with van der Waals surface area (Å²) in [6.07, 6.45) is 4.49. The predicted octanol–water partition coefficient (Wildman–Crippen LogP) is 1.65. The first-order valence-corrected chi connectivity index (χ1v) is 7.80. The van der Waals surface area contributed by atoms with Crippen molar-refractivity contribution in [2.24, 2.45) is 0 Å². The van der Waals surface area contributed by atoms with Gasteiger partial charge in [0.25, 0.3) is 5.91 Å². The predicted molar refractivity (Wildman–Crippen MR) is 83.1 cm³/mol. The quantitative estimate of drug-likeness (QED) is 0.888. The number of rotatable bonds is 4. The Morgan fingerprint density at radius 1 is 1.27 bits per heavy atom. The van der Waals surface area contributed by atoms with Crippen LogP contribution in [-0.2, 0) is 4.79 Å². The van der Waals surface area contributed by atoms with Gasteiger partial charge in [0.05, 0.1) is 5.69 Å². The molecule has 0 aromatic heterocycles. The lowest BCUT2D eigenvalue weighted by atomic mass is 10.2. The maximum Gasteiger partial charge on any atom is 0.315 e. The first kappa shape index (κ1) is 14.7. The monoisotopic (exact) mass is 303 g/mol. The summed E-state index contributed by atoms with van der Waals surface area (Å²) in [5, 5.41) is 5.79. The maximum atomic E-state index is 12.0. The van der Waals surface area contributed by atoms with E-state index >= 15 is 0 Å². The van der Waals surface area contributed by atoms with E-state index in [1.54, 1.807) is 4.90 Å². The number of hydrogen-bond acceptors (Lipinski definition) is 3. The summed E-state index contributed by atoms with van der Waals surface area (Å²) >= 11 is 0. The minimum Gasteiger partial charge on any atom is -0.482 e. The number of para-hydroxylation sites is 2. The number of benzene rings is 1. The van der Waals surface area contributed by atoms with E-state index in [9.17, 15) is 9.59 Å². The fraction of sp³-hybridized carbons (Fsp3) is 0.500. The lowest BCUT2D eigenvalue weighted by Gasteiger charge is -2.29. The third-order valence-electron chi connectivity index (χ3n) is 4.12. The summed E-state index contributed by atoms with van der Waals surface area (Å²) in [4.78, 5) is 25.5. The van der Waals surface area contributed by atoms with Gasteiger partial charge in [-0.05, 0) is 25.0 Å². The second kappa shape index (κ2) is 6.68. The van der Waals surface area contributed by atoms with Crippen molar-refractivity contribution in [3.8, 4) is 5.75 Å². The summed E-state index contributed by atoms with van der Waals surface area (Å²) in [5.74, 6) is 0.620. The van der Waals surface area contributed by atoms with Crippen LogP contribution in [0, 0.1) is 0 Å². The van der Waals surface area contributed by atoms with Gasteiger partial charge in [0.2, 0.25) is 0 Å². The normalized spacial score (nSPS) is 17.8. The van der Waals surface area contributed by atoms with Crippen molar-refractivity contribution in [1.82, 2.24) is 10.6 Å². The molecule has 1 heterocycles. The molecule has 2 aliphatic rings. The average Bonchev–Trinajstić information content (AvgIpc) is 3.02. The molecule has 1 fully saturated rings. The summed E-state index contributed by atoms with van der Waals surface area (Å²) < 4.78 is 5.39. The van der Waals surface area contributed by atoms with E-state index in [0.29, 0.717) is 24.9 Å². The second-order valence-corrected chi connectivity index (χ2v) is 5.68. The number of ether oxygens (including phenoxy) is 1. The number of amides is 3. The molecular weight excluding hydrogens is 282 g/mol. The molecule has 22 heavy (non-hydrogen) atoms. The van der Waals surface area contributed by atoms with Crippen molar-refractivity contribution < 1.29 is 14.3 Å². The number of fused-ring (bicyclic) bond motifs is 1. The topological polar surface area (TPSA) is 70.7 Å². The molecule has 1 aliphatic carbocycles. The SMILES string of the molecule is O=C(NCCN1C(=O)COc2ccccc21)NC1CCCC1. The first-order chi connectivity index (χ1) is 10.7. The van der Waals surface area contributed by atoms with Crippen LogP contribution in [0.5, 0.6) is 5.75 Å². The van der Waals surface area contributed by atoms with Crippen LogP contribution in [0.3, 0.4) is 0 Å². The van der Waals surface area contributed by atoms with E-state index < -0.39 is 0 Å². The zero-order chi connectivity index (χ0) is 15.4. The summed E-state index contributed by atoms with van der Waals surface area (Å²) in [5.41, 5.74) is 0.761. The number of carbonyl (C=O) groups is 2. The lowest BCUT2D eigenvalue weighted by molar-refractivity contribution is -0.121. The van der Waals surface area contributed by atoms with Gasteiger partial charge in [0.15, 0.2) is 6.61 Å². The Morgan fingerprint density at radius 3 is 2.86 bits per heavy atom. The minimum atomic E-state index is -0.152. The zero-order valence-corrected chi connectivity index (χ0v) is 12.5. The molecular formula is C16H21N3O3. The highest BCUT2D eigenvalue weighted by molar-refractivity contribution is 5.97. The van der Waals surface area contributed by atoms with E-state index in [-0.39, 0.29) is 18.5 Å². The van der Waals surface area contributed by atoms with Crippen molar-refractivity contribution in [1.29, 1.82) is 0 Å². The first-order valence-electron chi connectivity index (χ1n) is 7.80. The molecule has 0 unspecified atom stereocenters. The number of urea groups is 1. The Kier molecular flexibility index (Phi) is 4.46. The number of hydrogen-bond donors (Lipinski definition) is 2. The standard InChI is InChI=1S/C16H21N3O3/c20-15-11-22-14-8-4-3-7-13(14)19(15)10-9-17-16(21)18-12-5-1-2-6-12/h3-4,7-8,12H,1-2,5-6,9-11H2,(H2,17,18,21). The van der Waals surface area contributed by atoms with Crippen LogP contribution in [0.4, 0.5) is 10.5 Å². The van der Waals surface area contributed by atoms with Gasteiger partial charge < -0.3 is 20.3 Å². The molecule has 3 amide bonds. The van der Waals surface area contributed by atoms with Gasteiger partial charge in [-0.3, -0.25) is 4.79 Å². The molecule has 1 aromatic carbocycles. The molecule has 0 saturated heterocycles. The van der Waals surface area contributed by atoms with Gasteiger partial charge in [-0.25, -0.2) is 4.79 Å². The highest BCUT2D eigenvalue weighted by Crippen LogP contribution is 2.30. The van der Waals surface area contributed by atoms with E-state index in [1.165, 1.54) is 12.8 Å². The maximum absolute atomic E-state index is 12.0. The Labute approximate surface area is 129 Å². The highest BCUT2D eigenvalue weighted by Gasteiger charge is 2.24. The lowest BCUT2D eigenvalue weighted by Crippen LogP contribution is -2.46. The van der Waals surface area contributed by atoms with Gasteiger partial charge in [-0.1, -0.05) is 25.0 Å². The van der Waals surface area contributed by atoms with Gasteiger partial charge >= 0.3 is 6.03 Å². The molecule has 0 bridgehead atoms. The smallest absolute Gasteiger partial charge is 0.315 e. The molecule has 2 N–H and O–H groups in total. The van der Waals surface area contributed by atoms with Crippen LogP contribution in [0.1, 0.15) is 25.7 Å². The molecule has 1 aromatic rings. The van der Waals surface area contributed by atoms with Crippen molar-refractivity contribution in [2.45, 2.75) is 31.7 Å². The molecule has 1 saturated carbocycles. The van der Waals surface area contributed by atoms with E-state index in [0.717, 1.165) is 18.5 Å². The van der Waals surface area contributed by atoms with Crippen molar-refractivity contribution in [3.05, 3.63) is 24.3 Å². The van der Waals surface area contributed by atoms with E-state index in [2.05, 4.69) is 10.6 Å². The third-order valence-corrected chi connectivity index (χ3v) is 4.12. The fourth-order valence-electron chi connectivity index (χ4n) is 2.99. The van der Waals surface area contributed by atoms with E-state index in [1.807, 2.05) is 24.3 Å². The molecule has 3 rings (SSSR count). The van der Waals surface area contributed by atoms with Crippen LogP contribution >= 0.6 is 0 Å². The van der Waals surface area contributed by atoms with Crippen LogP contribution in [-0.4, -0.2) is 37.7 Å². The Hall–Kier alpha value is -2.24. The number of nitrogens with zero attached hydrogens (tertiary/aromatic N) is 1. The second-order valence-electron chi connectivity index (χ2n) is 5.68. The summed E-state index contributed by atoms with van der Waals surface area (Å²) in [6, 6.07) is 7.58. The van der Waals surface area contributed by atoms with Crippen LogP contribution in [0.25, 0.3) is 0 Å². The Balaban J connectivity index is 1.50. The summed E-state index contributed by atoms with van der Waals surface area (Å²) in [7, 11) is 0. The molecule has 6 nitrogen and oxygen atoms in total. The molecule has 1 aliphatic heterocycles.